The molecule has 94 valence electrons. The smallest absolute Gasteiger partial charge is 0.126 e. The minimum atomic E-state index is -0.113. The van der Waals surface area contributed by atoms with Crippen LogP contribution in [0.2, 0.25) is 0 Å². The van der Waals surface area contributed by atoms with Crippen LogP contribution in [0, 0.1) is 18.7 Å². The molecule has 0 aliphatic heterocycles. The van der Waals surface area contributed by atoms with E-state index in [1.807, 2.05) is 19.1 Å². The van der Waals surface area contributed by atoms with Gasteiger partial charge in [-0.2, -0.15) is 0 Å². The second-order valence-electron chi connectivity index (χ2n) is 5.30. The van der Waals surface area contributed by atoms with Gasteiger partial charge in [0.05, 0.1) is 0 Å². The van der Waals surface area contributed by atoms with E-state index in [0.29, 0.717) is 6.04 Å². The van der Waals surface area contributed by atoms with Crippen LogP contribution in [0.3, 0.4) is 0 Å². The minimum Gasteiger partial charge on any atom is -0.310 e. The fourth-order valence-electron chi connectivity index (χ4n) is 2.72. The standard InChI is InChI=1S/C15H22FN/c1-11-9-13(7-8-15(11)16)10-17-12(2)14-5-3-4-6-14/h7-9,12,14,17H,3-6,10H2,1-2H3/t12-/m0/s1. The van der Waals surface area contributed by atoms with Gasteiger partial charge in [-0.05, 0) is 49.8 Å². The first-order valence-corrected chi connectivity index (χ1v) is 6.65. The van der Waals surface area contributed by atoms with Gasteiger partial charge in [-0.1, -0.05) is 25.0 Å². The Labute approximate surface area is 103 Å². The van der Waals surface area contributed by atoms with Crippen molar-refractivity contribution in [2.24, 2.45) is 5.92 Å². The van der Waals surface area contributed by atoms with Gasteiger partial charge < -0.3 is 5.32 Å². The molecule has 0 aromatic heterocycles. The lowest BCUT2D eigenvalue weighted by molar-refractivity contribution is 0.380. The highest BCUT2D eigenvalue weighted by Gasteiger charge is 2.20. The maximum Gasteiger partial charge on any atom is 0.126 e. The minimum absolute atomic E-state index is 0.113. The van der Waals surface area contributed by atoms with Crippen molar-refractivity contribution < 1.29 is 4.39 Å². The van der Waals surface area contributed by atoms with Gasteiger partial charge in [0.2, 0.25) is 0 Å². The summed E-state index contributed by atoms with van der Waals surface area (Å²) >= 11 is 0. The largest absolute Gasteiger partial charge is 0.310 e. The highest BCUT2D eigenvalue weighted by Crippen LogP contribution is 2.27. The van der Waals surface area contributed by atoms with Crippen molar-refractivity contribution in [2.75, 3.05) is 0 Å². The summed E-state index contributed by atoms with van der Waals surface area (Å²) in [5.41, 5.74) is 1.91. The van der Waals surface area contributed by atoms with E-state index in [2.05, 4.69) is 12.2 Å². The Balaban J connectivity index is 1.86. The zero-order chi connectivity index (χ0) is 12.3. The molecule has 0 bridgehead atoms. The molecule has 1 N–H and O–H groups in total. The Bertz CT molecular complexity index is 369. The molecule has 0 saturated heterocycles. The molecule has 1 nitrogen and oxygen atoms in total. The molecule has 2 heteroatoms. The first kappa shape index (κ1) is 12.6. The van der Waals surface area contributed by atoms with Gasteiger partial charge in [-0.3, -0.25) is 0 Å². The highest BCUT2D eigenvalue weighted by molar-refractivity contribution is 5.23. The highest BCUT2D eigenvalue weighted by atomic mass is 19.1. The molecule has 0 heterocycles. The molecule has 1 aliphatic carbocycles. The molecule has 0 spiro atoms. The topological polar surface area (TPSA) is 12.0 Å². The van der Waals surface area contributed by atoms with E-state index in [9.17, 15) is 4.39 Å². The molecule has 1 aliphatic rings. The second-order valence-corrected chi connectivity index (χ2v) is 5.30. The van der Waals surface area contributed by atoms with Crippen LogP contribution in [0.5, 0.6) is 0 Å². The average Bonchev–Trinajstić information content (AvgIpc) is 2.84. The molecule has 1 saturated carbocycles. The zero-order valence-electron chi connectivity index (χ0n) is 10.8. The van der Waals surface area contributed by atoms with Crippen LogP contribution in [0.25, 0.3) is 0 Å². The van der Waals surface area contributed by atoms with Crippen LogP contribution in [0.15, 0.2) is 18.2 Å². The third-order valence-electron chi connectivity index (χ3n) is 3.96. The van der Waals surface area contributed by atoms with Crippen molar-refractivity contribution in [3.63, 3.8) is 0 Å². The van der Waals surface area contributed by atoms with Crippen molar-refractivity contribution in [3.8, 4) is 0 Å². The van der Waals surface area contributed by atoms with Gasteiger partial charge in [0, 0.05) is 12.6 Å². The molecular formula is C15H22FN. The van der Waals surface area contributed by atoms with Gasteiger partial charge in [0.25, 0.3) is 0 Å². The van der Waals surface area contributed by atoms with Crippen molar-refractivity contribution in [2.45, 2.75) is 52.1 Å². The lowest BCUT2D eigenvalue weighted by atomic mass is 9.99. The normalized spacial score (nSPS) is 18.5. The molecule has 2 rings (SSSR count). The number of hydrogen-bond donors (Lipinski definition) is 1. The first-order valence-electron chi connectivity index (χ1n) is 6.65. The lowest BCUT2D eigenvalue weighted by Crippen LogP contribution is -2.31. The summed E-state index contributed by atoms with van der Waals surface area (Å²) in [4.78, 5) is 0. The summed E-state index contributed by atoms with van der Waals surface area (Å²) in [6, 6.07) is 5.94. The molecule has 1 atom stereocenters. The number of hydrogen-bond acceptors (Lipinski definition) is 1. The number of halogens is 1. The Morgan fingerprint density at radius 3 is 2.71 bits per heavy atom. The van der Waals surface area contributed by atoms with Crippen LogP contribution in [-0.4, -0.2) is 6.04 Å². The van der Waals surface area contributed by atoms with E-state index < -0.39 is 0 Å². The maximum absolute atomic E-state index is 13.1. The van der Waals surface area contributed by atoms with Crippen LogP contribution in [0.1, 0.15) is 43.7 Å². The molecule has 0 radical (unpaired) electrons. The summed E-state index contributed by atoms with van der Waals surface area (Å²) in [5.74, 6) is 0.717. The fraction of sp³-hybridized carbons (Fsp3) is 0.600. The number of aryl methyl sites for hydroxylation is 1. The van der Waals surface area contributed by atoms with Crippen molar-refractivity contribution in [3.05, 3.63) is 35.1 Å². The number of nitrogens with one attached hydrogen (secondary N) is 1. The molecule has 0 unspecified atom stereocenters. The molecule has 1 aromatic rings. The molecule has 1 aromatic carbocycles. The van der Waals surface area contributed by atoms with Crippen LogP contribution >= 0.6 is 0 Å². The van der Waals surface area contributed by atoms with Crippen LogP contribution < -0.4 is 5.32 Å². The zero-order valence-corrected chi connectivity index (χ0v) is 10.8. The van der Waals surface area contributed by atoms with Crippen LogP contribution in [0.4, 0.5) is 4.39 Å². The van der Waals surface area contributed by atoms with E-state index in [0.717, 1.165) is 18.0 Å². The maximum atomic E-state index is 13.1. The third kappa shape index (κ3) is 3.29. The summed E-state index contributed by atoms with van der Waals surface area (Å²) in [5, 5.41) is 3.57. The third-order valence-corrected chi connectivity index (χ3v) is 3.96. The summed E-state index contributed by atoms with van der Waals surface area (Å²) in [6.07, 6.45) is 5.48. The lowest BCUT2D eigenvalue weighted by Gasteiger charge is -2.20. The van der Waals surface area contributed by atoms with E-state index in [-0.39, 0.29) is 5.82 Å². The average molecular weight is 235 g/mol. The summed E-state index contributed by atoms with van der Waals surface area (Å²) < 4.78 is 13.1. The van der Waals surface area contributed by atoms with Gasteiger partial charge >= 0.3 is 0 Å². The van der Waals surface area contributed by atoms with Gasteiger partial charge in [-0.15, -0.1) is 0 Å². The SMILES string of the molecule is Cc1cc(CN[C@@H](C)C2CCCC2)ccc1F. The monoisotopic (exact) mass is 235 g/mol. The molecule has 0 amide bonds. The fourth-order valence-corrected chi connectivity index (χ4v) is 2.72. The molecule has 1 fully saturated rings. The number of rotatable bonds is 4. The Kier molecular flexibility index (Phi) is 4.16. The van der Waals surface area contributed by atoms with Crippen molar-refractivity contribution in [1.82, 2.24) is 5.32 Å². The first-order chi connectivity index (χ1) is 8.16. The second kappa shape index (κ2) is 5.63. The Morgan fingerprint density at radius 1 is 1.35 bits per heavy atom. The van der Waals surface area contributed by atoms with E-state index in [4.69, 9.17) is 0 Å². The van der Waals surface area contributed by atoms with Gasteiger partial charge in [0.1, 0.15) is 5.82 Å². The Morgan fingerprint density at radius 2 is 2.06 bits per heavy atom. The van der Waals surface area contributed by atoms with E-state index in [1.165, 1.54) is 31.2 Å². The van der Waals surface area contributed by atoms with E-state index in [1.54, 1.807) is 6.07 Å². The summed E-state index contributed by atoms with van der Waals surface area (Å²) in [7, 11) is 0. The summed E-state index contributed by atoms with van der Waals surface area (Å²) in [6.45, 7) is 4.93. The predicted octanol–water partition coefficient (Wildman–Crippen LogP) is 3.80. The number of benzene rings is 1. The Hall–Kier alpha value is -0.890. The predicted molar refractivity (Wildman–Crippen MR) is 69.4 cm³/mol. The van der Waals surface area contributed by atoms with Crippen molar-refractivity contribution in [1.29, 1.82) is 0 Å². The van der Waals surface area contributed by atoms with Gasteiger partial charge in [0.15, 0.2) is 0 Å². The molecular weight excluding hydrogens is 213 g/mol. The van der Waals surface area contributed by atoms with E-state index >= 15 is 0 Å². The quantitative estimate of drug-likeness (QED) is 0.837. The van der Waals surface area contributed by atoms with Crippen LogP contribution in [-0.2, 0) is 6.54 Å². The van der Waals surface area contributed by atoms with Gasteiger partial charge in [-0.25, -0.2) is 4.39 Å². The van der Waals surface area contributed by atoms with Crippen molar-refractivity contribution >= 4 is 0 Å². The molecule has 17 heavy (non-hydrogen) atoms.